The Balaban J connectivity index is 2.48. The average molecular weight is 274 g/mol. The number of aromatic nitrogens is 2. The molecule has 0 aliphatic heterocycles. The van der Waals surface area contributed by atoms with E-state index in [0.29, 0.717) is 4.64 Å². The van der Waals surface area contributed by atoms with Crippen molar-refractivity contribution in [3.63, 3.8) is 0 Å². The first-order valence-electron chi connectivity index (χ1n) is 6.32. The lowest BCUT2D eigenvalue weighted by Crippen LogP contribution is -2.05. The number of benzene rings is 1. The summed E-state index contributed by atoms with van der Waals surface area (Å²) in [6.07, 6.45) is 0.160. The molecule has 0 unspecified atom stereocenters. The Bertz CT molecular complexity index is 647. The highest BCUT2D eigenvalue weighted by molar-refractivity contribution is 7.71. The highest BCUT2D eigenvalue weighted by Gasteiger charge is 2.08. The van der Waals surface area contributed by atoms with E-state index in [1.807, 2.05) is 52.0 Å². The van der Waals surface area contributed by atoms with Gasteiger partial charge in [-0.1, -0.05) is 24.4 Å². The van der Waals surface area contributed by atoms with Crippen molar-refractivity contribution in [3.8, 4) is 17.0 Å². The van der Waals surface area contributed by atoms with E-state index in [-0.39, 0.29) is 6.10 Å². The maximum absolute atomic E-state index is 5.71. The number of nitrogens with one attached hydrogen (secondary N) is 1. The highest BCUT2D eigenvalue weighted by Crippen LogP contribution is 2.26. The van der Waals surface area contributed by atoms with Crippen LogP contribution in [0.25, 0.3) is 11.3 Å². The molecule has 1 heterocycles. The van der Waals surface area contributed by atoms with Crippen LogP contribution in [0.4, 0.5) is 0 Å². The van der Waals surface area contributed by atoms with Gasteiger partial charge in [-0.3, -0.25) is 5.10 Å². The van der Waals surface area contributed by atoms with Crippen molar-refractivity contribution in [1.29, 1.82) is 0 Å². The van der Waals surface area contributed by atoms with Gasteiger partial charge in [-0.15, -0.1) is 0 Å². The van der Waals surface area contributed by atoms with Crippen LogP contribution in [0.15, 0.2) is 24.3 Å². The normalized spacial score (nSPS) is 10.8. The van der Waals surface area contributed by atoms with E-state index >= 15 is 0 Å². The number of rotatable bonds is 3. The monoisotopic (exact) mass is 274 g/mol. The highest BCUT2D eigenvalue weighted by atomic mass is 32.1. The van der Waals surface area contributed by atoms with E-state index < -0.39 is 0 Å². The van der Waals surface area contributed by atoms with Crippen molar-refractivity contribution in [3.05, 3.63) is 40.0 Å². The molecule has 1 aromatic heterocycles. The summed E-state index contributed by atoms with van der Waals surface area (Å²) in [4.78, 5) is 0. The van der Waals surface area contributed by atoms with Gasteiger partial charge in [-0.25, -0.2) is 0 Å². The number of aromatic amines is 1. The van der Waals surface area contributed by atoms with Gasteiger partial charge < -0.3 is 4.74 Å². The Labute approximate surface area is 118 Å². The average Bonchev–Trinajstić information content (AvgIpc) is 2.36. The fraction of sp³-hybridized carbons (Fsp3) is 0.333. The first-order valence-corrected chi connectivity index (χ1v) is 6.73. The van der Waals surface area contributed by atoms with Crippen molar-refractivity contribution in [2.75, 3.05) is 0 Å². The van der Waals surface area contributed by atoms with Crippen LogP contribution in [-0.2, 0) is 0 Å². The van der Waals surface area contributed by atoms with Crippen LogP contribution in [0.2, 0.25) is 0 Å². The van der Waals surface area contributed by atoms with Crippen molar-refractivity contribution in [2.24, 2.45) is 0 Å². The quantitative estimate of drug-likeness (QED) is 0.852. The molecule has 0 spiro atoms. The molecule has 0 amide bonds. The fourth-order valence-corrected chi connectivity index (χ4v) is 2.09. The van der Waals surface area contributed by atoms with Crippen LogP contribution >= 0.6 is 12.2 Å². The number of hydrogen-bond donors (Lipinski definition) is 1. The molecule has 19 heavy (non-hydrogen) atoms. The number of H-pyrrole nitrogens is 1. The second kappa shape index (κ2) is 5.53. The standard InChI is InChI=1S/C15H18N2OS/c1-9(2)18-13-7-5-6-12(8-13)14-10(3)11(4)15(19)17-16-14/h5-9H,1-4H3,(H,17,19). The van der Waals surface area contributed by atoms with Gasteiger partial charge in [0.2, 0.25) is 0 Å². The molecule has 4 heteroatoms. The molecule has 0 atom stereocenters. The Morgan fingerprint density at radius 3 is 2.63 bits per heavy atom. The Morgan fingerprint density at radius 2 is 1.95 bits per heavy atom. The molecule has 2 rings (SSSR count). The molecule has 0 aliphatic rings. The molecule has 100 valence electrons. The van der Waals surface area contributed by atoms with E-state index in [0.717, 1.165) is 28.1 Å². The van der Waals surface area contributed by atoms with E-state index in [1.165, 1.54) is 0 Å². The second-order valence-corrected chi connectivity index (χ2v) is 5.25. The molecule has 1 aromatic carbocycles. The number of nitrogens with zero attached hydrogens (tertiary/aromatic N) is 1. The third kappa shape index (κ3) is 3.01. The first kappa shape index (κ1) is 13.7. The molecule has 0 saturated heterocycles. The zero-order chi connectivity index (χ0) is 14.0. The zero-order valence-electron chi connectivity index (χ0n) is 11.7. The van der Waals surface area contributed by atoms with Crippen LogP contribution < -0.4 is 4.74 Å². The maximum atomic E-state index is 5.71. The summed E-state index contributed by atoms with van der Waals surface area (Å²) in [5, 5.41) is 7.24. The first-order chi connectivity index (χ1) is 8.99. The summed E-state index contributed by atoms with van der Waals surface area (Å²) >= 11 is 5.19. The minimum Gasteiger partial charge on any atom is -0.491 e. The Morgan fingerprint density at radius 1 is 1.21 bits per heavy atom. The third-order valence-corrected chi connectivity index (χ3v) is 3.40. The second-order valence-electron chi connectivity index (χ2n) is 4.85. The molecule has 2 aromatic rings. The summed E-state index contributed by atoms with van der Waals surface area (Å²) in [5.41, 5.74) is 4.12. The van der Waals surface area contributed by atoms with Crippen LogP contribution in [0, 0.1) is 18.5 Å². The summed E-state index contributed by atoms with van der Waals surface area (Å²) in [5.74, 6) is 0.855. The van der Waals surface area contributed by atoms with E-state index in [4.69, 9.17) is 17.0 Å². The number of hydrogen-bond acceptors (Lipinski definition) is 3. The van der Waals surface area contributed by atoms with Crippen molar-refractivity contribution in [1.82, 2.24) is 10.2 Å². The van der Waals surface area contributed by atoms with Gasteiger partial charge in [0, 0.05) is 5.56 Å². The zero-order valence-corrected chi connectivity index (χ0v) is 12.5. The summed E-state index contributed by atoms with van der Waals surface area (Å²) < 4.78 is 6.40. The van der Waals surface area contributed by atoms with Gasteiger partial charge >= 0.3 is 0 Å². The molecule has 0 saturated carbocycles. The summed E-state index contributed by atoms with van der Waals surface area (Å²) in [6, 6.07) is 7.96. The molecule has 1 N–H and O–H groups in total. The topological polar surface area (TPSA) is 37.9 Å². The molecule has 0 aliphatic carbocycles. The van der Waals surface area contributed by atoms with Crippen LogP contribution in [0.3, 0.4) is 0 Å². The van der Waals surface area contributed by atoms with Gasteiger partial charge in [-0.05, 0) is 51.0 Å². The molecule has 0 fully saturated rings. The Hall–Kier alpha value is -1.68. The fourth-order valence-electron chi connectivity index (χ4n) is 1.89. The molecular weight excluding hydrogens is 256 g/mol. The molecule has 3 nitrogen and oxygen atoms in total. The van der Waals surface area contributed by atoms with E-state index in [1.54, 1.807) is 0 Å². The third-order valence-electron chi connectivity index (χ3n) is 3.01. The van der Waals surface area contributed by atoms with Crippen molar-refractivity contribution >= 4 is 12.2 Å². The van der Waals surface area contributed by atoms with Crippen LogP contribution in [-0.4, -0.2) is 16.3 Å². The number of ether oxygens (including phenoxy) is 1. The van der Waals surface area contributed by atoms with Gasteiger partial charge in [0.15, 0.2) is 0 Å². The predicted molar refractivity (Wildman–Crippen MR) is 80.1 cm³/mol. The predicted octanol–water partition coefficient (Wildman–Crippen LogP) is 4.21. The van der Waals surface area contributed by atoms with Gasteiger partial charge in [-0.2, -0.15) is 5.10 Å². The van der Waals surface area contributed by atoms with Gasteiger partial charge in [0.05, 0.1) is 11.8 Å². The molecule has 0 bridgehead atoms. The van der Waals surface area contributed by atoms with Crippen LogP contribution in [0.1, 0.15) is 25.0 Å². The van der Waals surface area contributed by atoms with Gasteiger partial charge in [0.1, 0.15) is 10.4 Å². The lowest BCUT2D eigenvalue weighted by molar-refractivity contribution is 0.242. The Kier molecular flexibility index (Phi) is 4.00. The largest absolute Gasteiger partial charge is 0.491 e. The van der Waals surface area contributed by atoms with Crippen molar-refractivity contribution in [2.45, 2.75) is 33.8 Å². The van der Waals surface area contributed by atoms with Crippen molar-refractivity contribution < 1.29 is 4.74 Å². The SMILES string of the molecule is Cc1c(-c2cccc(OC(C)C)c2)n[nH]c(=S)c1C. The molecular formula is C15H18N2OS. The van der Waals surface area contributed by atoms with E-state index in [9.17, 15) is 0 Å². The maximum Gasteiger partial charge on any atom is 0.122 e. The minimum atomic E-state index is 0.160. The summed E-state index contributed by atoms with van der Waals surface area (Å²) in [7, 11) is 0. The van der Waals surface area contributed by atoms with Gasteiger partial charge in [0.25, 0.3) is 0 Å². The smallest absolute Gasteiger partial charge is 0.122 e. The molecule has 0 radical (unpaired) electrons. The summed E-state index contributed by atoms with van der Waals surface area (Å²) in [6.45, 7) is 8.07. The lowest BCUT2D eigenvalue weighted by atomic mass is 10.0. The van der Waals surface area contributed by atoms with E-state index in [2.05, 4.69) is 10.2 Å². The lowest BCUT2D eigenvalue weighted by Gasteiger charge is -2.12. The van der Waals surface area contributed by atoms with Crippen LogP contribution in [0.5, 0.6) is 5.75 Å². The minimum absolute atomic E-state index is 0.160.